The maximum atomic E-state index is 12.7. The van der Waals surface area contributed by atoms with Crippen LogP contribution in [0.1, 0.15) is 16.1 Å². The molecule has 0 unspecified atom stereocenters. The number of nitrogens with one attached hydrogen (secondary N) is 3. The molecule has 1 amide bonds. The lowest BCUT2D eigenvalue weighted by molar-refractivity contribution is -0.892. The number of ether oxygens (including phenoxy) is 1. The Bertz CT molecular complexity index is 1120. The predicted molar refractivity (Wildman–Crippen MR) is 117 cm³/mol. The lowest BCUT2D eigenvalue weighted by Crippen LogP contribution is -3.15. The molecule has 1 aromatic heterocycles. The lowest BCUT2D eigenvalue weighted by Gasteiger charge is -2.34. The van der Waals surface area contributed by atoms with Crippen LogP contribution in [-0.4, -0.2) is 56.7 Å². The van der Waals surface area contributed by atoms with E-state index in [1.165, 1.54) is 0 Å². The molecule has 0 spiro atoms. The molecule has 0 radical (unpaired) electrons. The molecule has 31 heavy (non-hydrogen) atoms. The number of aromatic amines is 1. The van der Waals surface area contributed by atoms with Gasteiger partial charge in [0.1, 0.15) is 5.75 Å². The van der Waals surface area contributed by atoms with Crippen LogP contribution in [0.3, 0.4) is 0 Å². The van der Waals surface area contributed by atoms with Crippen LogP contribution in [0, 0.1) is 6.92 Å². The molecule has 4 rings (SSSR count). The first-order chi connectivity index (χ1) is 15.0. The molecule has 1 fully saturated rings. The zero-order valence-corrected chi connectivity index (χ0v) is 17.7. The molecular weight excluding hydrogens is 396 g/mol. The summed E-state index contributed by atoms with van der Waals surface area (Å²) in [6, 6.07) is 13.5. The van der Waals surface area contributed by atoms with E-state index < -0.39 is 5.97 Å². The number of carbonyl (C=O) groups excluding carboxylic acids is 2. The highest BCUT2D eigenvalue weighted by atomic mass is 16.5. The quantitative estimate of drug-likeness (QED) is 0.527. The first-order valence-corrected chi connectivity index (χ1v) is 10.3. The largest absolute Gasteiger partial charge is 0.543 e. The summed E-state index contributed by atoms with van der Waals surface area (Å²) in [5, 5.41) is 15.0. The number of rotatable bonds is 6. The number of aromatic carboxylic acids is 1. The lowest BCUT2D eigenvalue weighted by atomic mass is 10.1. The number of quaternary nitrogens is 1. The number of carboxylic acids is 1. The van der Waals surface area contributed by atoms with Crippen molar-refractivity contribution in [2.45, 2.75) is 6.92 Å². The van der Waals surface area contributed by atoms with Crippen molar-refractivity contribution in [3.63, 3.8) is 0 Å². The molecule has 1 aliphatic rings. The SMILES string of the molecule is COc1ccccc1N1CC[NH+](CC(=O)Nc2c(C(=O)[O-])[nH]c3ccc(C)cc23)CC1. The number of hydrogen-bond acceptors (Lipinski definition) is 5. The molecule has 2 aromatic carbocycles. The van der Waals surface area contributed by atoms with E-state index >= 15 is 0 Å². The molecule has 0 atom stereocenters. The number of amides is 1. The fourth-order valence-corrected chi connectivity index (χ4v) is 4.13. The Hall–Kier alpha value is -3.52. The summed E-state index contributed by atoms with van der Waals surface area (Å²) in [4.78, 5) is 30.5. The van der Waals surface area contributed by atoms with E-state index in [9.17, 15) is 14.7 Å². The van der Waals surface area contributed by atoms with Crippen LogP contribution in [0.15, 0.2) is 42.5 Å². The van der Waals surface area contributed by atoms with E-state index in [-0.39, 0.29) is 23.8 Å². The van der Waals surface area contributed by atoms with E-state index in [1.54, 1.807) is 13.2 Å². The molecule has 0 bridgehead atoms. The number of H-pyrrole nitrogens is 1. The third-order valence-electron chi connectivity index (χ3n) is 5.73. The highest BCUT2D eigenvalue weighted by molar-refractivity contribution is 6.10. The Morgan fingerprint density at radius 1 is 1.19 bits per heavy atom. The molecule has 2 heterocycles. The Labute approximate surface area is 180 Å². The van der Waals surface area contributed by atoms with Crippen LogP contribution >= 0.6 is 0 Å². The van der Waals surface area contributed by atoms with Crippen molar-refractivity contribution in [3.05, 3.63) is 53.7 Å². The van der Waals surface area contributed by atoms with Gasteiger partial charge in [0, 0.05) is 10.9 Å². The summed E-state index contributed by atoms with van der Waals surface area (Å²) in [6.45, 7) is 5.39. The first kappa shape index (κ1) is 20.7. The van der Waals surface area contributed by atoms with Gasteiger partial charge >= 0.3 is 0 Å². The van der Waals surface area contributed by atoms with Gasteiger partial charge in [-0.15, -0.1) is 0 Å². The predicted octanol–water partition coefficient (Wildman–Crippen LogP) is 0.192. The molecule has 3 aromatic rings. The van der Waals surface area contributed by atoms with Crippen molar-refractivity contribution in [2.75, 3.05) is 50.1 Å². The van der Waals surface area contributed by atoms with Crippen molar-refractivity contribution < 1.29 is 24.3 Å². The summed E-state index contributed by atoms with van der Waals surface area (Å²) in [5.41, 5.74) is 2.85. The molecular formula is C23H26N4O4. The average molecular weight is 422 g/mol. The van der Waals surface area contributed by atoms with Gasteiger partial charge in [-0.3, -0.25) is 4.79 Å². The standard InChI is InChI=1S/C23H26N4O4/c1-15-7-8-17-16(13-15)21(22(24-17)23(29)30)25-20(28)14-26-9-11-27(12-10-26)18-5-3-4-6-19(18)31-2/h3-8,13,24H,9-12,14H2,1-2H3,(H,25,28)(H,29,30). The highest BCUT2D eigenvalue weighted by Gasteiger charge is 2.25. The highest BCUT2D eigenvalue weighted by Crippen LogP contribution is 2.29. The van der Waals surface area contributed by atoms with E-state index in [2.05, 4.69) is 15.2 Å². The molecule has 1 aliphatic heterocycles. The summed E-state index contributed by atoms with van der Waals surface area (Å²) in [5.74, 6) is -0.722. The second-order valence-corrected chi connectivity index (χ2v) is 7.85. The van der Waals surface area contributed by atoms with Crippen molar-refractivity contribution in [1.82, 2.24) is 4.98 Å². The van der Waals surface area contributed by atoms with Crippen LogP contribution in [0.4, 0.5) is 11.4 Å². The third-order valence-corrected chi connectivity index (χ3v) is 5.73. The second kappa shape index (κ2) is 8.69. The Balaban J connectivity index is 1.42. The minimum Gasteiger partial charge on any atom is -0.543 e. The number of aromatic nitrogens is 1. The average Bonchev–Trinajstić information content (AvgIpc) is 3.12. The number of methoxy groups -OCH3 is 1. The summed E-state index contributed by atoms with van der Waals surface area (Å²) in [7, 11) is 1.66. The number of fused-ring (bicyclic) bond motifs is 1. The topological polar surface area (TPSA) is 102 Å². The van der Waals surface area contributed by atoms with Crippen molar-refractivity contribution in [1.29, 1.82) is 0 Å². The molecule has 0 saturated carbocycles. The summed E-state index contributed by atoms with van der Waals surface area (Å²) in [6.07, 6.45) is 0. The minimum absolute atomic E-state index is 0.107. The smallest absolute Gasteiger partial charge is 0.279 e. The number of benzene rings is 2. The normalized spacial score (nSPS) is 14.6. The van der Waals surface area contributed by atoms with Crippen LogP contribution in [0.25, 0.3) is 10.9 Å². The third kappa shape index (κ3) is 4.34. The van der Waals surface area contributed by atoms with Gasteiger partial charge in [0.2, 0.25) is 0 Å². The number of aryl methyl sites for hydroxylation is 1. The Kier molecular flexibility index (Phi) is 5.81. The Morgan fingerprint density at radius 3 is 2.65 bits per heavy atom. The molecule has 8 nitrogen and oxygen atoms in total. The molecule has 3 N–H and O–H groups in total. The van der Waals surface area contributed by atoms with Gasteiger partial charge in [-0.2, -0.15) is 0 Å². The number of anilines is 2. The van der Waals surface area contributed by atoms with E-state index in [4.69, 9.17) is 4.74 Å². The van der Waals surface area contributed by atoms with Crippen LogP contribution < -0.4 is 25.0 Å². The van der Waals surface area contributed by atoms with E-state index in [1.807, 2.05) is 43.3 Å². The molecule has 162 valence electrons. The number of hydrogen-bond donors (Lipinski definition) is 3. The van der Waals surface area contributed by atoms with Gasteiger partial charge in [-0.25, -0.2) is 0 Å². The van der Waals surface area contributed by atoms with Crippen LogP contribution in [0.2, 0.25) is 0 Å². The zero-order valence-electron chi connectivity index (χ0n) is 17.7. The van der Waals surface area contributed by atoms with Crippen molar-refractivity contribution in [2.24, 2.45) is 0 Å². The number of piperazine rings is 1. The first-order valence-electron chi connectivity index (χ1n) is 10.3. The maximum Gasteiger partial charge on any atom is 0.279 e. The molecule has 8 heteroatoms. The number of para-hydroxylation sites is 2. The fourth-order valence-electron chi connectivity index (χ4n) is 4.13. The van der Waals surface area contributed by atoms with Crippen molar-refractivity contribution in [3.8, 4) is 5.75 Å². The van der Waals surface area contributed by atoms with Gasteiger partial charge < -0.3 is 34.7 Å². The van der Waals surface area contributed by atoms with Crippen molar-refractivity contribution >= 4 is 34.2 Å². The van der Waals surface area contributed by atoms with Crippen LogP contribution in [-0.2, 0) is 4.79 Å². The Morgan fingerprint density at radius 2 is 1.94 bits per heavy atom. The van der Waals surface area contributed by atoms with Gasteiger partial charge in [0.15, 0.2) is 6.54 Å². The van der Waals surface area contributed by atoms with Gasteiger partial charge in [-0.05, 0) is 31.2 Å². The van der Waals surface area contributed by atoms with Gasteiger partial charge in [-0.1, -0.05) is 23.8 Å². The maximum absolute atomic E-state index is 12.7. The van der Waals surface area contributed by atoms with E-state index in [0.717, 1.165) is 48.1 Å². The second-order valence-electron chi connectivity index (χ2n) is 7.85. The minimum atomic E-state index is -1.35. The molecule has 1 saturated heterocycles. The van der Waals surface area contributed by atoms with Gasteiger partial charge in [0.25, 0.3) is 5.91 Å². The summed E-state index contributed by atoms with van der Waals surface area (Å²) < 4.78 is 5.45. The summed E-state index contributed by atoms with van der Waals surface area (Å²) >= 11 is 0. The molecule has 0 aliphatic carbocycles. The fraction of sp³-hybridized carbons (Fsp3) is 0.304. The van der Waals surface area contributed by atoms with E-state index in [0.29, 0.717) is 10.9 Å². The monoisotopic (exact) mass is 422 g/mol. The van der Waals surface area contributed by atoms with Gasteiger partial charge in [0.05, 0.1) is 56.3 Å². The number of carboxylic acid groups (broad SMARTS) is 1. The van der Waals surface area contributed by atoms with Crippen LogP contribution in [0.5, 0.6) is 5.75 Å². The number of carbonyl (C=O) groups is 2. The number of nitrogens with zero attached hydrogens (tertiary/aromatic N) is 1. The zero-order chi connectivity index (χ0) is 22.0.